The van der Waals surface area contributed by atoms with Crippen molar-refractivity contribution in [3.63, 3.8) is 0 Å². The van der Waals surface area contributed by atoms with Crippen LogP contribution in [0.5, 0.6) is 0 Å². The molecule has 0 aliphatic rings. The van der Waals surface area contributed by atoms with E-state index in [-0.39, 0.29) is 5.82 Å². The molecule has 0 spiro atoms. The third kappa shape index (κ3) is 2.02. The SMILES string of the molecule is Fc1ccc2nc(-c3ccc(Cl)c(Br)c3)[nH]c2c1. The van der Waals surface area contributed by atoms with E-state index in [0.717, 1.165) is 15.6 Å². The molecule has 0 amide bonds. The Morgan fingerprint density at radius 3 is 2.78 bits per heavy atom. The lowest BCUT2D eigenvalue weighted by atomic mass is 10.2. The molecule has 0 unspecified atom stereocenters. The van der Waals surface area contributed by atoms with Crippen molar-refractivity contribution < 1.29 is 4.39 Å². The Morgan fingerprint density at radius 2 is 2.00 bits per heavy atom. The molecular weight excluding hydrogens is 319 g/mol. The van der Waals surface area contributed by atoms with Crippen LogP contribution in [0.1, 0.15) is 0 Å². The van der Waals surface area contributed by atoms with E-state index in [2.05, 4.69) is 25.9 Å². The Kier molecular flexibility index (Phi) is 2.84. The van der Waals surface area contributed by atoms with Crippen LogP contribution in [0.4, 0.5) is 4.39 Å². The number of benzene rings is 2. The van der Waals surface area contributed by atoms with Crippen LogP contribution in [0.2, 0.25) is 5.02 Å². The quantitative estimate of drug-likeness (QED) is 0.685. The van der Waals surface area contributed by atoms with Crippen molar-refractivity contribution in [1.82, 2.24) is 9.97 Å². The monoisotopic (exact) mass is 324 g/mol. The largest absolute Gasteiger partial charge is 0.338 e. The van der Waals surface area contributed by atoms with E-state index in [0.29, 0.717) is 16.4 Å². The third-order valence-electron chi connectivity index (χ3n) is 2.64. The van der Waals surface area contributed by atoms with Gasteiger partial charge in [-0.3, -0.25) is 0 Å². The van der Waals surface area contributed by atoms with Gasteiger partial charge >= 0.3 is 0 Å². The van der Waals surface area contributed by atoms with Gasteiger partial charge in [0.2, 0.25) is 0 Å². The van der Waals surface area contributed by atoms with Crippen LogP contribution in [-0.4, -0.2) is 9.97 Å². The molecule has 1 heterocycles. The van der Waals surface area contributed by atoms with Crippen molar-refractivity contribution in [2.24, 2.45) is 0 Å². The summed E-state index contributed by atoms with van der Waals surface area (Å²) in [6.45, 7) is 0. The Bertz CT molecular complexity index is 739. The number of imidazole rings is 1. The van der Waals surface area contributed by atoms with Crippen LogP contribution >= 0.6 is 27.5 Å². The van der Waals surface area contributed by atoms with Crippen LogP contribution in [0, 0.1) is 5.82 Å². The topological polar surface area (TPSA) is 28.7 Å². The van der Waals surface area contributed by atoms with E-state index in [1.807, 2.05) is 12.1 Å². The van der Waals surface area contributed by atoms with E-state index in [9.17, 15) is 4.39 Å². The minimum absolute atomic E-state index is 0.282. The molecule has 18 heavy (non-hydrogen) atoms. The van der Waals surface area contributed by atoms with Crippen LogP contribution in [0.15, 0.2) is 40.9 Å². The molecule has 0 aliphatic carbocycles. The molecule has 3 rings (SSSR count). The number of nitrogens with one attached hydrogen (secondary N) is 1. The van der Waals surface area contributed by atoms with E-state index >= 15 is 0 Å². The minimum Gasteiger partial charge on any atom is -0.338 e. The lowest BCUT2D eigenvalue weighted by Crippen LogP contribution is -1.80. The number of rotatable bonds is 1. The second-order valence-electron chi connectivity index (χ2n) is 3.88. The first-order valence-electron chi connectivity index (χ1n) is 5.24. The first-order chi connectivity index (χ1) is 8.63. The van der Waals surface area contributed by atoms with Gasteiger partial charge in [-0.25, -0.2) is 9.37 Å². The molecule has 0 fully saturated rings. The molecule has 1 aromatic heterocycles. The molecule has 2 aromatic carbocycles. The molecule has 0 radical (unpaired) electrons. The maximum atomic E-state index is 13.1. The van der Waals surface area contributed by atoms with Crippen LogP contribution in [0.25, 0.3) is 22.4 Å². The smallest absolute Gasteiger partial charge is 0.138 e. The molecule has 1 N–H and O–H groups in total. The van der Waals surface area contributed by atoms with Gasteiger partial charge in [0.1, 0.15) is 11.6 Å². The van der Waals surface area contributed by atoms with Gasteiger partial charge in [0.25, 0.3) is 0 Å². The van der Waals surface area contributed by atoms with Gasteiger partial charge in [0.15, 0.2) is 0 Å². The lowest BCUT2D eigenvalue weighted by Gasteiger charge is -1.99. The first kappa shape index (κ1) is 11.7. The number of hydrogen-bond acceptors (Lipinski definition) is 1. The highest BCUT2D eigenvalue weighted by Crippen LogP contribution is 2.28. The zero-order valence-electron chi connectivity index (χ0n) is 9.05. The van der Waals surface area contributed by atoms with Crippen molar-refractivity contribution in [1.29, 1.82) is 0 Å². The summed E-state index contributed by atoms with van der Waals surface area (Å²) in [5.41, 5.74) is 2.30. The fourth-order valence-electron chi connectivity index (χ4n) is 1.76. The van der Waals surface area contributed by atoms with Gasteiger partial charge in [-0.15, -0.1) is 0 Å². The fraction of sp³-hybridized carbons (Fsp3) is 0. The highest BCUT2D eigenvalue weighted by molar-refractivity contribution is 9.10. The normalized spacial score (nSPS) is 11.1. The molecule has 0 atom stereocenters. The predicted molar refractivity (Wildman–Crippen MR) is 74.2 cm³/mol. The van der Waals surface area contributed by atoms with Crippen LogP contribution in [-0.2, 0) is 0 Å². The van der Waals surface area contributed by atoms with Crippen molar-refractivity contribution in [3.8, 4) is 11.4 Å². The number of H-pyrrole nitrogens is 1. The molecule has 3 aromatic rings. The molecule has 0 saturated carbocycles. The molecule has 0 aliphatic heterocycles. The molecule has 90 valence electrons. The summed E-state index contributed by atoms with van der Waals surface area (Å²) >= 11 is 9.31. The second-order valence-corrected chi connectivity index (χ2v) is 5.14. The number of aromatic amines is 1. The van der Waals surface area contributed by atoms with Gasteiger partial charge in [0, 0.05) is 10.0 Å². The number of halogens is 3. The van der Waals surface area contributed by atoms with E-state index in [1.165, 1.54) is 12.1 Å². The average molecular weight is 326 g/mol. The summed E-state index contributed by atoms with van der Waals surface area (Å²) in [6, 6.07) is 9.99. The van der Waals surface area contributed by atoms with E-state index in [1.54, 1.807) is 12.1 Å². The highest BCUT2D eigenvalue weighted by atomic mass is 79.9. The van der Waals surface area contributed by atoms with Gasteiger partial charge in [0.05, 0.1) is 16.1 Å². The van der Waals surface area contributed by atoms with Crippen molar-refractivity contribution in [2.45, 2.75) is 0 Å². The maximum Gasteiger partial charge on any atom is 0.138 e. The van der Waals surface area contributed by atoms with Gasteiger partial charge in [-0.2, -0.15) is 0 Å². The average Bonchev–Trinajstić information content (AvgIpc) is 2.75. The molecule has 2 nitrogen and oxygen atoms in total. The van der Waals surface area contributed by atoms with Gasteiger partial charge in [-0.05, 0) is 52.3 Å². The second kappa shape index (κ2) is 4.37. The zero-order chi connectivity index (χ0) is 12.7. The molecule has 5 heteroatoms. The number of nitrogens with zero attached hydrogens (tertiary/aromatic N) is 1. The highest BCUT2D eigenvalue weighted by Gasteiger charge is 2.07. The number of fused-ring (bicyclic) bond motifs is 1. The Hall–Kier alpha value is -1.39. The predicted octanol–water partition coefficient (Wildman–Crippen LogP) is 4.78. The Labute approximate surface area is 116 Å². The third-order valence-corrected chi connectivity index (χ3v) is 3.85. The molecule has 0 bridgehead atoms. The van der Waals surface area contributed by atoms with E-state index in [4.69, 9.17) is 11.6 Å². The van der Waals surface area contributed by atoms with Crippen molar-refractivity contribution in [2.75, 3.05) is 0 Å². The number of hydrogen-bond donors (Lipinski definition) is 1. The number of aromatic nitrogens is 2. The van der Waals surface area contributed by atoms with Crippen LogP contribution < -0.4 is 0 Å². The zero-order valence-corrected chi connectivity index (χ0v) is 11.4. The van der Waals surface area contributed by atoms with Crippen molar-refractivity contribution in [3.05, 3.63) is 51.7 Å². The van der Waals surface area contributed by atoms with E-state index < -0.39 is 0 Å². The minimum atomic E-state index is -0.282. The maximum absolute atomic E-state index is 13.1. The van der Waals surface area contributed by atoms with Crippen molar-refractivity contribution >= 4 is 38.6 Å². The molecular formula is C13H7BrClFN2. The van der Waals surface area contributed by atoms with Gasteiger partial charge in [-0.1, -0.05) is 11.6 Å². The fourth-order valence-corrected chi connectivity index (χ4v) is 2.26. The standard InChI is InChI=1S/C13H7BrClFN2/c14-9-5-7(1-3-10(9)15)13-17-11-4-2-8(16)6-12(11)18-13/h1-6H,(H,17,18). The summed E-state index contributed by atoms with van der Waals surface area (Å²) in [5.74, 6) is 0.406. The summed E-state index contributed by atoms with van der Waals surface area (Å²) in [6.07, 6.45) is 0. The lowest BCUT2D eigenvalue weighted by molar-refractivity contribution is 0.629. The van der Waals surface area contributed by atoms with Gasteiger partial charge < -0.3 is 4.98 Å². The Morgan fingerprint density at radius 1 is 1.17 bits per heavy atom. The summed E-state index contributed by atoms with van der Waals surface area (Å²) in [4.78, 5) is 7.49. The first-order valence-corrected chi connectivity index (χ1v) is 6.41. The summed E-state index contributed by atoms with van der Waals surface area (Å²) in [7, 11) is 0. The van der Waals surface area contributed by atoms with Crippen LogP contribution in [0.3, 0.4) is 0 Å². The Balaban J connectivity index is 2.16. The molecule has 0 saturated heterocycles. The summed E-state index contributed by atoms with van der Waals surface area (Å²) < 4.78 is 13.9. The summed E-state index contributed by atoms with van der Waals surface area (Å²) in [5, 5.41) is 0.640.